The van der Waals surface area contributed by atoms with Gasteiger partial charge in [-0.1, -0.05) is 12.1 Å². The van der Waals surface area contributed by atoms with Crippen molar-refractivity contribution >= 4 is 11.7 Å². The number of hydrogen-bond acceptors (Lipinski definition) is 3. The predicted molar refractivity (Wildman–Crippen MR) is 52.2 cm³/mol. The van der Waals surface area contributed by atoms with Crippen LogP contribution in [0.2, 0.25) is 0 Å². The Morgan fingerprint density at radius 3 is 2.21 bits per heavy atom. The Hall–Kier alpha value is -1.51. The molecule has 1 aliphatic rings. The Kier molecular flexibility index (Phi) is 2.39. The number of nitrogens with zero attached hydrogens (tertiary/aromatic N) is 1. The first-order valence-corrected chi connectivity index (χ1v) is 4.84. The van der Waals surface area contributed by atoms with Gasteiger partial charge in [0, 0.05) is 18.8 Å². The molecular formula is C11H12NO2-. The minimum absolute atomic E-state index is 0.243. The lowest BCUT2D eigenvalue weighted by atomic mass is 10.2. The highest BCUT2D eigenvalue weighted by molar-refractivity contribution is 5.86. The number of rotatable bonds is 2. The minimum atomic E-state index is -1.11. The van der Waals surface area contributed by atoms with Crippen LogP contribution in [0.15, 0.2) is 24.3 Å². The molecule has 0 N–H and O–H groups in total. The van der Waals surface area contributed by atoms with Crippen molar-refractivity contribution in [2.24, 2.45) is 0 Å². The Morgan fingerprint density at radius 1 is 1.14 bits per heavy atom. The highest BCUT2D eigenvalue weighted by atomic mass is 16.4. The molecule has 0 aromatic heterocycles. The van der Waals surface area contributed by atoms with E-state index in [-0.39, 0.29) is 5.56 Å². The van der Waals surface area contributed by atoms with E-state index in [0.717, 1.165) is 18.8 Å². The summed E-state index contributed by atoms with van der Waals surface area (Å²) < 4.78 is 0. The smallest absolute Gasteiger partial charge is 0.0715 e. The Morgan fingerprint density at radius 2 is 1.71 bits per heavy atom. The number of carbonyl (C=O) groups is 1. The fourth-order valence-electron chi connectivity index (χ4n) is 1.78. The molecule has 0 saturated carbocycles. The molecule has 0 bridgehead atoms. The van der Waals surface area contributed by atoms with Crippen LogP contribution < -0.4 is 10.0 Å². The molecule has 1 aromatic carbocycles. The van der Waals surface area contributed by atoms with E-state index in [0.29, 0.717) is 0 Å². The molecule has 1 aromatic rings. The molecule has 0 atom stereocenters. The molecule has 0 aliphatic carbocycles. The first kappa shape index (κ1) is 9.06. The zero-order valence-corrected chi connectivity index (χ0v) is 7.90. The second-order valence-electron chi connectivity index (χ2n) is 3.53. The summed E-state index contributed by atoms with van der Waals surface area (Å²) in [7, 11) is 0. The monoisotopic (exact) mass is 190 g/mol. The van der Waals surface area contributed by atoms with E-state index in [2.05, 4.69) is 4.90 Å². The second-order valence-corrected chi connectivity index (χ2v) is 3.53. The molecule has 0 radical (unpaired) electrons. The average Bonchev–Trinajstić information content (AvgIpc) is 2.71. The third kappa shape index (κ3) is 1.71. The summed E-state index contributed by atoms with van der Waals surface area (Å²) in [5, 5.41) is 10.5. The van der Waals surface area contributed by atoms with Crippen LogP contribution in [-0.4, -0.2) is 19.1 Å². The normalized spacial score (nSPS) is 15.9. The topological polar surface area (TPSA) is 43.4 Å². The van der Waals surface area contributed by atoms with Crippen molar-refractivity contribution in [1.29, 1.82) is 0 Å². The van der Waals surface area contributed by atoms with E-state index < -0.39 is 5.97 Å². The maximum absolute atomic E-state index is 10.5. The van der Waals surface area contributed by atoms with Crippen molar-refractivity contribution < 1.29 is 9.90 Å². The van der Waals surface area contributed by atoms with Crippen LogP contribution in [0.5, 0.6) is 0 Å². The summed E-state index contributed by atoms with van der Waals surface area (Å²) in [6.07, 6.45) is 2.45. The maximum atomic E-state index is 10.5. The number of carboxylic acids is 1. The summed E-state index contributed by atoms with van der Waals surface area (Å²) >= 11 is 0. The summed E-state index contributed by atoms with van der Waals surface area (Å²) in [4.78, 5) is 12.8. The molecule has 0 spiro atoms. The third-order valence-corrected chi connectivity index (χ3v) is 2.57. The first-order chi connectivity index (χ1) is 6.77. The minimum Gasteiger partial charge on any atom is -0.545 e. The van der Waals surface area contributed by atoms with E-state index in [1.165, 1.54) is 12.8 Å². The van der Waals surface area contributed by atoms with Crippen molar-refractivity contribution in [2.75, 3.05) is 18.0 Å². The van der Waals surface area contributed by atoms with Crippen molar-refractivity contribution in [3.05, 3.63) is 29.8 Å². The lowest BCUT2D eigenvalue weighted by molar-refractivity contribution is -0.255. The molecule has 1 aliphatic heterocycles. The zero-order valence-electron chi connectivity index (χ0n) is 7.90. The second kappa shape index (κ2) is 3.70. The van der Waals surface area contributed by atoms with E-state index in [1.807, 2.05) is 12.1 Å². The SMILES string of the molecule is O=C([O-])c1ccc(N2CCCC2)cc1. The van der Waals surface area contributed by atoms with Crippen molar-refractivity contribution in [3.63, 3.8) is 0 Å². The van der Waals surface area contributed by atoms with Crippen LogP contribution in [0.25, 0.3) is 0 Å². The first-order valence-electron chi connectivity index (χ1n) is 4.84. The molecule has 1 fully saturated rings. The molecule has 0 amide bonds. The van der Waals surface area contributed by atoms with Crippen molar-refractivity contribution in [2.45, 2.75) is 12.8 Å². The molecule has 3 heteroatoms. The van der Waals surface area contributed by atoms with Gasteiger partial charge in [-0.2, -0.15) is 0 Å². The van der Waals surface area contributed by atoms with Crippen molar-refractivity contribution in [3.8, 4) is 0 Å². The largest absolute Gasteiger partial charge is 0.545 e. The quantitative estimate of drug-likeness (QED) is 0.687. The Bertz CT molecular complexity index is 326. The van der Waals surface area contributed by atoms with Gasteiger partial charge >= 0.3 is 0 Å². The molecule has 1 saturated heterocycles. The highest BCUT2D eigenvalue weighted by Crippen LogP contribution is 2.20. The molecule has 14 heavy (non-hydrogen) atoms. The molecule has 74 valence electrons. The number of carbonyl (C=O) groups excluding carboxylic acids is 1. The number of aromatic carboxylic acids is 1. The van der Waals surface area contributed by atoms with Crippen LogP contribution in [0.4, 0.5) is 5.69 Å². The number of anilines is 1. The van der Waals surface area contributed by atoms with Gasteiger partial charge in [0.2, 0.25) is 0 Å². The summed E-state index contributed by atoms with van der Waals surface area (Å²) in [5.74, 6) is -1.11. The van der Waals surface area contributed by atoms with E-state index in [4.69, 9.17) is 0 Å². The van der Waals surface area contributed by atoms with Gasteiger partial charge in [0.25, 0.3) is 0 Å². The van der Waals surface area contributed by atoms with E-state index >= 15 is 0 Å². The molecule has 0 unspecified atom stereocenters. The number of hydrogen-bond donors (Lipinski definition) is 0. The van der Waals surface area contributed by atoms with Gasteiger partial charge in [0.1, 0.15) is 0 Å². The van der Waals surface area contributed by atoms with Crippen LogP contribution in [0, 0.1) is 0 Å². The molecular weight excluding hydrogens is 178 g/mol. The predicted octanol–water partition coefficient (Wildman–Crippen LogP) is 0.650. The van der Waals surface area contributed by atoms with Gasteiger partial charge in [-0.05, 0) is 30.5 Å². The third-order valence-electron chi connectivity index (χ3n) is 2.57. The molecule has 2 rings (SSSR count). The average molecular weight is 190 g/mol. The van der Waals surface area contributed by atoms with Gasteiger partial charge < -0.3 is 14.8 Å². The summed E-state index contributed by atoms with van der Waals surface area (Å²) in [6, 6.07) is 6.89. The van der Waals surface area contributed by atoms with Gasteiger partial charge in [-0.15, -0.1) is 0 Å². The fraction of sp³-hybridized carbons (Fsp3) is 0.364. The lowest BCUT2D eigenvalue weighted by Gasteiger charge is -2.17. The van der Waals surface area contributed by atoms with Crippen LogP contribution >= 0.6 is 0 Å². The van der Waals surface area contributed by atoms with Gasteiger partial charge in [0.05, 0.1) is 5.97 Å². The summed E-state index contributed by atoms with van der Waals surface area (Å²) in [6.45, 7) is 2.15. The van der Waals surface area contributed by atoms with Crippen molar-refractivity contribution in [1.82, 2.24) is 0 Å². The van der Waals surface area contributed by atoms with Gasteiger partial charge in [0.15, 0.2) is 0 Å². The molecule has 1 heterocycles. The standard InChI is InChI=1S/C11H13NO2/c13-11(14)9-3-5-10(6-4-9)12-7-1-2-8-12/h3-6H,1-2,7-8H2,(H,13,14)/p-1. The summed E-state index contributed by atoms with van der Waals surface area (Å²) in [5.41, 5.74) is 1.35. The fourth-order valence-corrected chi connectivity index (χ4v) is 1.78. The van der Waals surface area contributed by atoms with Crippen LogP contribution in [0.1, 0.15) is 23.2 Å². The lowest BCUT2D eigenvalue weighted by Crippen LogP contribution is -2.22. The maximum Gasteiger partial charge on any atom is 0.0715 e. The van der Waals surface area contributed by atoms with E-state index in [1.54, 1.807) is 12.1 Å². The van der Waals surface area contributed by atoms with E-state index in [9.17, 15) is 9.90 Å². The zero-order chi connectivity index (χ0) is 9.97. The van der Waals surface area contributed by atoms with Gasteiger partial charge in [-0.3, -0.25) is 0 Å². The Labute approximate surface area is 83.0 Å². The Balaban J connectivity index is 2.16. The van der Waals surface area contributed by atoms with Crippen LogP contribution in [-0.2, 0) is 0 Å². The number of benzene rings is 1. The van der Waals surface area contributed by atoms with Gasteiger partial charge in [-0.25, -0.2) is 0 Å². The highest BCUT2D eigenvalue weighted by Gasteiger charge is 2.11. The number of carboxylic acid groups (broad SMARTS) is 1. The molecule has 3 nitrogen and oxygen atoms in total. The van der Waals surface area contributed by atoms with Crippen LogP contribution in [0.3, 0.4) is 0 Å².